The highest BCUT2D eigenvalue weighted by atomic mass is 16.6. The van der Waals surface area contributed by atoms with Gasteiger partial charge in [0.1, 0.15) is 6.61 Å². The lowest BCUT2D eigenvalue weighted by molar-refractivity contribution is 0.0926. The van der Waals surface area contributed by atoms with Gasteiger partial charge in [-0.2, -0.15) is 0 Å². The van der Waals surface area contributed by atoms with Crippen LogP contribution in [0.3, 0.4) is 0 Å². The Hall–Kier alpha value is -0.770. The highest BCUT2D eigenvalue weighted by Crippen LogP contribution is 2.30. The Kier molecular flexibility index (Phi) is 2.28. The van der Waals surface area contributed by atoms with Crippen molar-refractivity contribution in [2.75, 3.05) is 13.2 Å². The molecule has 0 bridgehead atoms. The number of amides is 1. The maximum Gasteiger partial charge on any atom is 0.410 e. The zero-order valence-corrected chi connectivity index (χ0v) is 8.76. The van der Waals surface area contributed by atoms with Crippen LogP contribution < -0.4 is 5.73 Å². The van der Waals surface area contributed by atoms with E-state index in [0.717, 1.165) is 0 Å². The summed E-state index contributed by atoms with van der Waals surface area (Å²) >= 11 is 0. The Morgan fingerprint density at radius 3 is 2.46 bits per heavy atom. The molecule has 0 aliphatic carbocycles. The summed E-state index contributed by atoms with van der Waals surface area (Å²) in [6, 6.07) is 0. The van der Waals surface area contributed by atoms with Crippen LogP contribution >= 0.6 is 0 Å². The van der Waals surface area contributed by atoms with Crippen LogP contribution in [0, 0.1) is 0 Å². The van der Waals surface area contributed by atoms with Crippen molar-refractivity contribution >= 4 is 6.09 Å². The Bertz CT molecular complexity index is 222. The van der Waals surface area contributed by atoms with Gasteiger partial charge in [-0.1, -0.05) is 0 Å². The fourth-order valence-corrected chi connectivity index (χ4v) is 1.80. The molecule has 1 fully saturated rings. The van der Waals surface area contributed by atoms with Crippen LogP contribution in [0.25, 0.3) is 0 Å². The van der Waals surface area contributed by atoms with E-state index in [-0.39, 0.29) is 17.2 Å². The quantitative estimate of drug-likeness (QED) is 0.663. The molecule has 2 N–H and O–H groups in total. The minimum absolute atomic E-state index is 0.234. The van der Waals surface area contributed by atoms with Crippen molar-refractivity contribution < 1.29 is 9.53 Å². The normalized spacial score (nSPS) is 29.3. The van der Waals surface area contributed by atoms with Crippen LogP contribution in [0.1, 0.15) is 27.7 Å². The second-order valence-corrected chi connectivity index (χ2v) is 4.76. The van der Waals surface area contributed by atoms with Crippen LogP contribution in [0.5, 0.6) is 0 Å². The summed E-state index contributed by atoms with van der Waals surface area (Å²) in [5.41, 5.74) is 5.06. The predicted molar refractivity (Wildman–Crippen MR) is 50.4 cm³/mol. The minimum atomic E-state index is -0.352. The number of carbonyl (C=O) groups is 1. The molecule has 76 valence electrons. The van der Waals surface area contributed by atoms with E-state index in [1.165, 1.54) is 0 Å². The second-order valence-electron chi connectivity index (χ2n) is 4.76. The average molecular weight is 186 g/mol. The van der Waals surface area contributed by atoms with Crippen molar-refractivity contribution in [3.05, 3.63) is 0 Å². The number of hydrogen-bond donors (Lipinski definition) is 1. The lowest BCUT2D eigenvalue weighted by Crippen LogP contribution is -2.57. The number of nitrogens with zero attached hydrogens (tertiary/aromatic N) is 1. The van der Waals surface area contributed by atoms with Gasteiger partial charge in [-0.15, -0.1) is 0 Å². The first kappa shape index (κ1) is 10.3. The van der Waals surface area contributed by atoms with Gasteiger partial charge in [0.15, 0.2) is 0 Å². The minimum Gasteiger partial charge on any atom is -0.447 e. The van der Waals surface area contributed by atoms with E-state index in [0.29, 0.717) is 13.2 Å². The summed E-state index contributed by atoms with van der Waals surface area (Å²) in [4.78, 5) is 13.2. The molecular formula is C9H18N2O2. The standard InChI is InChI=1S/C9H18N2O2/c1-8(2,3)11-7(12)13-6-9(11,4)5-10/h5-6,10H2,1-4H3. The van der Waals surface area contributed by atoms with Gasteiger partial charge in [-0.05, 0) is 27.7 Å². The topological polar surface area (TPSA) is 55.6 Å². The van der Waals surface area contributed by atoms with Crippen molar-refractivity contribution in [3.8, 4) is 0 Å². The van der Waals surface area contributed by atoms with E-state index in [2.05, 4.69) is 0 Å². The molecule has 0 saturated carbocycles. The molecule has 1 aliphatic heterocycles. The van der Waals surface area contributed by atoms with Gasteiger partial charge < -0.3 is 10.5 Å². The van der Waals surface area contributed by atoms with Crippen molar-refractivity contribution in [3.63, 3.8) is 0 Å². The third kappa shape index (κ3) is 1.63. The Morgan fingerprint density at radius 1 is 1.62 bits per heavy atom. The third-order valence-corrected chi connectivity index (χ3v) is 2.34. The van der Waals surface area contributed by atoms with Crippen LogP contribution in [-0.4, -0.2) is 35.2 Å². The summed E-state index contributed by atoms with van der Waals surface area (Å²) in [6.07, 6.45) is -0.263. The Balaban J connectivity index is 2.97. The van der Waals surface area contributed by atoms with Crippen LogP contribution in [0.2, 0.25) is 0 Å². The van der Waals surface area contributed by atoms with Crippen molar-refractivity contribution in [1.29, 1.82) is 0 Å². The fourth-order valence-electron chi connectivity index (χ4n) is 1.80. The zero-order valence-electron chi connectivity index (χ0n) is 8.76. The molecule has 1 amide bonds. The summed E-state index contributed by atoms with van der Waals surface area (Å²) in [5, 5.41) is 0. The number of nitrogens with two attached hydrogens (primary N) is 1. The first-order valence-electron chi connectivity index (χ1n) is 4.48. The van der Waals surface area contributed by atoms with E-state index in [9.17, 15) is 4.79 Å². The molecule has 0 aromatic heterocycles. The molecule has 1 atom stereocenters. The summed E-state index contributed by atoms with van der Waals surface area (Å²) in [5.74, 6) is 0. The van der Waals surface area contributed by atoms with Crippen LogP contribution in [0.15, 0.2) is 0 Å². The first-order chi connectivity index (χ1) is 5.81. The van der Waals surface area contributed by atoms with Gasteiger partial charge in [0.25, 0.3) is 0 Å². The lowest BCUT2D eigenvalue weighted by atomic mass is 9.95. The smallest absolute Gasteiger partial charge is 0.410 e. The largest absolute Gasteiger partial charge is 0.447 e. The zero-order chi connectivity index (χ0) is 10.3. The average Bonchev–Trinajstić information content (AvgIpc) is 2.27. The van der Waals surface area contributed by atoms with E-state index < -0.39 is 0 Å². The fraction of sp³-hybridized carbons (Fsp3) is 0.889. The maximum atomic E-state index is 11.4. The highest BCUT2D eigenvalue weighted by molar-refractivity contribution is 5.72. The molecule has 1 saturated heterocycles. The molecule has 0 radical (unpaired) electrons. The first-order valence-corrected chi connectivity index (χ1v) is 4.48. The van der Waals surface area contributed by atoms with Gasteiger partial charge in [0.05, 0.1) is 5.54 Å². The van der Waals surface area contributed by atoms with Crippen molar-refractivity contribution in [1.82, 2.24) is 4.90 Å². The Morgan fingerprint density at radius 2 is 2.15 bits per heavy atom. The van der Waals surface area contributed by atoms with Crippen LogP contribution in [-0.2, 0) is 4.74 Å². The predicted octanol–water partition coefficient (Wildman–Crippen LogP) is 0.954. The molecular weight excluding hydrogens is 168 g/mol. The SMILES string of the molecule is CC(C)(C)N1C(=O)OCC1(C)CN. The molecule has 1 aliphatic rings. The van der Waals surface area contributed by atoms with E-state index >= 15 is 0 Å². The van der Waals surface area contributed by atoms with Gasteiger partial charge in [0.2, 0.25) is 0 Å². The number of rotatable bonds is 1. The van der Waals surface area contributed by atoms with Gasteiger partial charge >= 0.3 is 6.09 Å². The molecule has 1 unspecified atom stereocenters. The monoisotopic (exact) mass is 186 g/mol. The molecule has 13 heavy (non-hydrogen) atoms. The van der Waals surface area contributed by atoms with E-state index in [4.69, 9.17) is 10.5 Å². The number of cyclic esters (lactones) is 1. The van der Waals surface area contributed by atoms with Gasteiger partial charge in [-0.25, -0.2) is 4.79 Å². The van der Waals surface area contributed by atoms with E-state index in [1.54, 1.807) is 4.90 Å². The summed E-state index contributed by atoms with van der Waals surface area (Å²) in [7, 11) is 0. The van der Waals surface area contributed by atoms with Crippen molar-refractivity contribution in [2.45, 2.75) is 38.8 Å². The molecule has 1 rings (SSSR count). The van der Waals surface area contributed by atoms with Crippen molar-refractivity contribution in [2.24, 2.45) is 5.73 Å². The maximum absolute atomic E-state index is 11.4. The second kappa shape index (κ2) is 2.87. The van der Waals surface area contributed by atoms with Gasteiger partial charge in [0, 0.05) is 12.1 Å². The third-order valence-electron chi connectivity index (χ3n) is 2.34. The molecule has 0 spiro atoms. The van der Waals surface area contributed by atoms with Gasteiger partial charge in [-0.3, -0.25) is 4.90 Å². The number of ether oxygens (including phenoxy) is 1. The molecule has 0 aromatic carbocycles. The molecule has 0 aromatic rings. The molecule has 4 nitrogen and oxygen atoms in total. The highest BCUT2D eigenvalue weighted by Gasteiger charge is 2.47. The van der Waals surface area contributed by atoms with E-state index in [1.807, 2.05) is 27.7 Å². The number of carbonyl (C=O) groups excluding carboxylic acids is 1. The number of hydrogen-bond acceptors (Lipinski definition) is 3. The Labute approximate surface area is 79.0 Å². The van der Waals surface area contributed by atoms with Crippen LogP contribution in [0.4, 0.5) is 4.79 Å². The lowest BCUT2D eigenvalue weighted by Gasteiger charge is -2.40. The molecule has 4 heteroatoms. The summed E-state index contributed by atoms with van der Waals surface area (Å²) < 4.78 is 5.01. The molecule has 1 heterocycles. The summed E-state index contributed by atoms with van der Waals surface area (Å²) in [6.45, 7) is 8.70.